The molecule has 5 nitrogen and oxygen atoms in total. The number of anilines is 1. The molecule has 1 saturated carbocycles. The quantitative estimate of drug-likeness (QED) is 0.364. The summed E-state index contributed by atoms with van der Waals surface area (Å²) in [6.07, 6.45) is 6.55. The third-order valence-electron chi connectivity index (χ3n) is 5.32. The summed E-state index contributed by atoms with van der Waals surface area (Å²) in [7, 11) is 0. The van der Waals surface area contributed by atoms with Crippen molar-refractivity contribution in [3.8, 4) is 0 Å². The fourth-order valence-corrected chi connectivity index (χ4v) is 5.25. The first-order chi connectivity index (χ1) is 14.6. The van der Waals surface area contributed by atoms with Gasteiger partial charge in [-0.25, -0.2) is 14.4 Å². The number of nitrogens with one attached hydrogen (secondary N) is 1. The highest BCUT2D eigenvalue weighted by Gasteiger charge is 2.26. The Morgan fingerprint density at radius 2 is 2.20 bits per heavy atom. The maximum absolute atomic E-state index is 13.4. The Morgan fingerprint density at radius 3 is 3.03 bits per heavy atom. The predicted molar refractivity (Wildman–Crippen MR) is 119 cm³/mol. The summed E-state index contributed by atoms with van der Waals surface area (Å²) in [4.78, 5) is 22.1. The van der Waals surface area contributed by atoms with Gasteiger partial charge >= 0.3 is 0 Å². The first-order valence-corrected chi connectivity index (χ1v) is 11.6. The lowest BCUT2D eigenvalue weighted by Crippen LogP contribution is -2.19. The zero-order valence-electron chi connectivity index (χ0n) is 16.3. The van der Waals surface area contributed by atoms with Gasteiger partial charge in [0.1, 0.15) is 18.0 Å². The van der Waals surface area contributed by atoms with Crippen LogP contribution in [0.15, 0.2) is 48.2 Å². The van der Waals surface area contributed by atoms with Gasteiger partial charge in [0.25, 0.3) is 0 Å². The van der Waals surface area contributed by atoms with Crippen LogP contribution >= 0.6 is 23.4 Å². The molecule has 0 spiro atoms. The molecular weight excluding hydrogens is 421 g/mol. The smallest absolute Gasteiger partial charge is 0.208 e. The van der Waals surface area contributed by atoms with Crippen molar-refractivity contribution in [1.29, 1.82) is 0 Å². The van der Waals surface area contributed by atoms with Gasteiger partial charge in [0, 0.05) is 18.0 Å². The molecule has 0 aliphatic heterocycles. The lowest BCUT2D eigenvalue weighted by molar-refractivity contribution is 0.104. The van der Waals surface area contributed by atoms with Crippen LogP contribution in [0.4, 0.5) is 10.2 Å². The van der Waals surface area contributed by atoms with Crippen LogP contribution in [0, 0.1) is 11.7 Å². The minimum absolute atomic E-state index is 0.117. The zero-order valence-corrected chi connectivity index (χ0v) is 17.9. The molecule has 1 fully saturated rings. The van der Waals surface area contributed by atoms with Gasteiger partial charge in [0.05, 0.1) is 10.4 Å². The largest absolute Gasteiger partial charge is 0.367 e. The topological polar surface area (TPSA) is 75.1 Å². The van der Waals surface area contributed by atoms with Crippen molar-refractivity contribution in [3.05, 3.63) is 75.6 Å². The first kappa shape index (κ1) is 21.0. The lowest BCUT2D eigenvalue weighted by Gasteiger charge is -2.15. The van der Waals surface area contributed by atoms with E-state index < -0.39 is 0 Å². The molecular formula is C22H22FN3O2S2. The summed E-state index contributed by atoms with van der Waals surface area (Å²) in [6.45, 7) is 0. The molecule has 3 aromatic rings. The highest BCUT2D eigenvalue weighted by molar-refractivity contribution is 7.93. The van der Waals surface area contributed by atoms with E-state index in [9.17, 15) is 9.18 Å². The molecule has 2 unspecified atom stereocenters. The Labute approximate surface area is 183 Å². The van der Waals surface area contributed by atoms with Gasteiger partial charge in [-0.05, 0) is 78.4 Å². The molecule has 1 aliphatic carbocycles. The minimum Gasteiger partial charge on any atom is -0.367 e. The fourth-order valence-electron chi connectivity index (χ4n) is 3.87. The number of rotatable bonds is 8. The molecule has 2 atom stereocenters. The zero-order chi connectivity index (χ0) is 20.9. The molecule has 0 radical (unpaired) electrons. The van der Waals surface area contributed by atoms with E-state index in [1.807, 2.05) is 17.5 Å². The van der Waals surface area contributed by atoms with Crippen LogP contribution in [0.1, 0.15) is 45.6 Å². The van der Waals surface area contributed by atoms with Crippen LogP contribution in [-0.4, -0.2) is 32.1 Å². The molecule has 1 aliphatic rings. The minimum atomic E-state index is -0.261. The predicted octanol–water partition coefficient (Wildman–Crippen LogP) is 5.29. The number of ketones is 1. The summed E-state index contributed by atoms with van der Waals surface area (Å²) in [5, 5.41) is 5.34. The molecule has 30 heavy (non-hydrogen) atoms. The number of benzene rings is 1. The molecule has 0 amide bonds. The van der Waals surface area contributed by atoms with Gasteiger partial charge in [-0.2, -0.15) is 0 Å². The standard InChI is InChI=1S/C22H22FN3O2S2/c23-17-3-1-2-14(7-17)6-16-9-20(29-11-16)21(27)19-10-24-13-25-22(19)26-18-5-4-15(8-18)12-30-28/h1-3,7,9-11,13,15,18,28H,4-6,8,12H2,(H,24,25,26). The Morgan fingerprint density at radius 1 is 1.30 bits per heavy atom. The summed E-state index contributed by atoms with van der Waals surface area (Å²) in [5.41, 5.74) is 2.30. The van der Waals surface area contributed by atoms with Crippen molar-refractivity contribution in [2.75, 3.05) is 11.1 Å². The van der Waals surface area contributed by atoms with Crippen molar-refractivity contribution >= 4 is 35.0 Å². The van der Waals surface area contributed by atoms with Gasteiger partial charge in [0.15, 0.2) is 0 Å². The van der Waals surface area contributed by atoms with Crippen LogP contribution in [-0.2, 0) is 6.42 Å². The number of carbonyl (C=O) groups is 1. The lowest BCUT2D eigenvalue weighted by atomic mass is 10.1. The highest BCUT2D eigenvalue weighted by atomic mass is 32.2. The van der Waals surface area contributed by atoms with Crippen LogP contribution in [0.25, 0.3) is 0 Å². The number of hydrogen-bond acceptors (Lipinski definition) is 7. The molecule has 1 aromatic carbocycles. The van der Waals surface area contributed by atoms with Crippen LogP contribution in [0.3, 0.4) is 0 Å². The Hall–Kier alpha value is -2.29. The second kappa shape index (κ2) is 9.68. The van der Waals surface area contributed by atoms with Crippen molar-refractivity contribution in [2.45, 2.75) is 31.7 Å². The van der Waals surface area contributed by atoms with Crippen molar-refractivity contribution in [3.63, 3.8) is 0 Å². The van der Waals surface area contributed by atoms with Crippen LogP contribution in [0.5, 0.6) is 0 Å². The molecule has 2 heterocycles. The monoisotopic (exact) mass is 443 g/mol. The molecule has 0 bridgehead atoms. The average molecular weight is 444 g/mol. The molecule has 8 heteroatoms. The third-order valence-corrected chi connectivity index (χ3v) is 6.92. The van der Waals surface area contributed by atoms with E-state index in [0.29, 0.717) is 28.6 Å². The van der Waals surface area contributed by atoms with Gasteiger partial charge < -0.3 is 9.87 Å². The van der Waals surface area contributed by atoms with Gasteiger partial charge in [0.2, 0.25) is 5.78 Å². The number of hydrogen-bond donors (Lipinski definition) is 2. The Bertz CT molecular complexity index is 1030. The number of nitrogens with zero attached hydrogens (tertiary/aromatic N) is 2. The molecule has 0 saturated heterocycles. The fraction of sp³-hybridized carbons (Fsp3) is 0.318. The molecule has 2 N–H and O–H groups in total. The number of aromatic nitrogens is 2. The van der Waals surface area contributed by atoms with Crippen LogP contribution < -0.4 is 5.32 Å². The molecule has 4 rings (SSSR count). The van der Waals surface area contributed by atoms with E-state index in [0.717, 1.165) is 48.2 Å². The maximum atomic E-state index is 13.4. The number of carbonyl (C=O) groups excluding carboxylic acids is 1. The van der Waals surface area contributed by atoms with Crippen molar-refractivity contribution in [1.82, 2.24) is 9.97 Å². The van der Waals surface area contributed by atoms with E-state index in [1.165, 1.54) is 29.8 Å². The van der Waals surface area contributed by atoms with Gasteiger partial charge in [-0.15, -0.1) is 11.3 Å². The van der Waals surface area contributed by atoms with E-state index in [4.69, 9.17) is 4.55 Å². The molecule has 2 aromatic heterocycles. The molecule has 156 valence electrons. The Kier molecular flexibility index (Phi) is 6.76. The summed E-state index contributed by atoms with van der Waals surface area (Å²) >= 11 is 2.27. The van der Waals surface area contributed by atoms with E-state index in [1.54, 1.807) is 12.3 Å². The number of halogens is 1. The van der Waals surface area contributed by atoms with Crippen LogP contribution in [0.2, 0.25) is 0 Å². The third kappa shape index (κ3) is 5.06. The first-order valence-electron chi connectivity index (χ1n) is 9.82. The highest BCUT2D eigenvalue weighted by Crippen LogP contribution is 2.31. The van der Waals surface area contributed by atoms with E-state index in [-0.39, 0.29) is 17.6 Å². The van der Waals surface area contributed by atoms with Crippen molar-refractivity contribution in [2.24, 2.45) is 5.92 Å². The van der Waals surface area contributed by atoms with Gasteiger partial charge in [-0.1, -0.05) is 12.1 Å². The van der Waals surface area contributed by atoms with E-state index in [2.05, 4.69) is 15.3 Å². The second-order valence-corrected chi connectivity index (χ2v) is 9.06. The second-order valence-electron chi connectivity index (χ2n) is 7.56. The maximum Gasteiger partial charge on any atom is 0.208 e. The van der Waals surface area contributed by atoms with Crippen molar-refractivity contribution < 1.29 is 13.7 Å². The summed E-state index contributed by atoms with van der Waals surface area (Å²) in [5.74, 6) is 1.38. The Balaban J connectivity index is 1.47. The summed E-state index contributed by atoms with van der Waals surface area (Å²) in [6, 6.07) is 8.59. The summed E-state index contributed by atoms with van der Waals surface area (Å²) < 4.78 is 22.5. The normalized spacial score (nSPS) is 18.5. The van der Waals surface area contributed by atoms with Gasteiger partial charge in [-0.3, -0.25) is 4.79 Å². The average Bonchev–Trinajstić information content (AvgIpc) is 3.38. The SMILES string of the molecule is O=C(c1cc(Cc2cccc(F)c2)cs1)c1cncnc1NC1CCC(CSO)C1. The van der Waals surface area contributed by atoms with E-state index >= 15 is 0 Å². The number of thiophene rings is 1.